The van der Waals surface area contributed by atoms with Gasteiger partial charge in [-0.2, -0.15) is 4.57 Å². The zero-order chi connectivity index (χ0) is 16.1. The van der Waals surface area contributed by atoms with E-state index in [1.54, 1.807) is 35.3 Å². The fourth-order valence-corrected chi connectivity index (χ4v) is 2.35. The van der Waals surface area contributed by atoms with Gasteiger partial charge in [0.2, 0.25) is 12.3 Å². The minimum atomic E-state index is 0.0162. The maximum absolute atomic E-state index is 12.4. The zero-order valence-electron chi connectivity index (χ0n) is 12.2. The number of carbonyl (C=O) groups is 1. The summed E-state index contributed by atoms with van der Waals surface area (Å²) in [4.78, 5) is 16.4. The van der Waals surface area contributed by atoms with Gasteiger partial charge in [0.15, 0.2) is 6.20 Å². The lowest BCUT2D eigenvalue weighted by Crippen LogP contribution is -2.39. The number of ketones is 1. The van der Waals surface area contributed by atoms with Gasteiger partial charge in [0.1, 0.15) is 11.9 Å². The van der Waals surface area contributed by atoms with Crippen molar-refractivity contribution in [2.45, 2.75) is 6.54 Å². The number of Topliss-reactive ketones (excluding diaryl/α,β-unsaturated/α-hetero) is 1. The van der Waals surface area contributed by atoms with Crippen LogP contribution >= 0.6 is 15.9 Å². The van der Waals surface area contributed by atoms with Crippen LogP contribution in [0.3, 0.4) is 0 Å². The third kappa shape index (κ3) is 4.02. The topological polar surface area (TPSA) is 43.1 Å². The molecule has 0 unspecified atom stereocenters. The Bertz CT molecular complexity index is 805. The molecule has 5 heteroatoms. The smallest absolute Gasteiger partial charge is 0.392 e. The van der Waals surface area contributed by atoms with Crippen LogP contribution in [0, 0.1) is 0 Å². The Morgan fingerprint density at radius 2 is 1.83 bits per heavy atom. The van der Waals surface area contributed by atoms with Crippen molar-refractivity contribution in [2.24, 2.45) is 0 Å². The largest absolute Gasteiger partial charge is 0.404 e. The van der Waals surface area contributed by atoms with E-state index in [0.717, 1.165) is 4.47 Å². The normalized spacial score (nSPS) is 10.3. The van der Waals surface area contributed by atoms with Gasteiger partial charge in [0.25, 0.3) is 0 Å². The van der Waals surface area contributed by atoms with Gasteiger partial charge in [-0.25, -0.2) is 4.98 Å². The number of carbonyl (C=O) groups excluding carboxylic acids is 1. The second-order valence-corrected chi connectivity index (χ2v) is 5.80. The maximum Gasteiger partial charge on any atom is 0.392 e. The summed E-state index contributed by atoms with van der Waals surface area (Å²) < 4.78 is 8.54. The molecule has 1 heterocycles. The molecule has 0 atom stereocenters. The maximum atomic E-state index is 12.4. The van der Waals surface area contributed by atoms with Crippen molar-refractivity contribution in [3.05, 3.63) is 83.2 Å². The first-order chi connectivity index (χ1) is 11.2. The van der Waals surface area contributed by atoms with Crippen molar-refractivity contribution in [1.29, 1.82) is 0 Å². The zero-order valence-corrected chi connectivity index (χ0v) is 13.8. The Balaban J connectivity index is 1.80. The van der Waals surface area contributed by atoms with Crippen LogP contribution in [-0.2, 0) is 6.54 Å². The number of hydrogen-bond acceptors (Lipinski definition) is 3. The molecule has 0 aliphatic heterocycles. The second kappa shape index (κ2) is 7.15. The summed E-state index contributed by atoms with van der Waals surface area (Å²) in [5.74, 6) is 1.21. The predicted molar refractivity (Wildman–Crippen MR) is 89.4 cm³/mol. The summed E-state index contributed by atoms with van der Waals surface area (Å²) in [6.07, 6.45) is 4.96. The molecule has 0 bridgehead atoms. The third-order valence-electron chi connectivity index (χ3n) is 3.25. The molecule has 114 valence electrons. The van der Waals surface area contributed by atoms with Gasteiger partial charge in [0, 0.05) is 10.0 Å². The molecular weight excluding hydrogens is 356 g/mol. The molecule has 3 aromatic rings. The highest BCUT2D eigenvalue weighted by atomic mass is 79.9. The van der Waals surface area contributed by atoms with Gasteiger partial charge in [0.05, 0.1) is 6.20 Å². The Morgan fingerprint density at radius 1 is 1.09 bits per heavy atom. The highest BCUT2D eigenvalue weighted by Crippen LogP contribution is 2.20. The van der Waals surface area contributed by atoms with Crippen molar-refractivity contribution in [2.75, 3.05) is 0 Å². The second-order valence-electron chi connectivity index (χ2n) is 4.89. The molecule has 0 saturated carbocycles. The SMILES string of the molecule is O=C(C[n+]1ccncc1Oc1ccc(Br)cc1)c1ccccc1. The predicted octanol–water partition coefficient (Wildman–Crippen LogP) is 3.81. The Hall–Kier alpha value is -2.53. The van der Waals surface area contributed by atoms with E-state index in [9.17, 15) is 4.79 Å². The number of ether oxygens (including phenoxy) is 1. The van der Waals surface area contributed by atoms with Crippen molar-refractivity contribution in [1.82, 2.24) is 4.98 Å². The highest BCUT2D eigenvalue weighted by molar-refractivity contribution is 9.10. The average molecular weight is 370 g/mol. The molecule has 0 aliphatic rings. The van der Waals surface area contributed by atoms with Crippen molar-refractivity contribution >= 4 is 21.7 Å². The van der Waals surface area contributed by atoms with E-state index in [1.165, 1.54) is 0 Å². The number of aromatic nitrogens is 2. The van der Waals surface area contributed by atoms with Crippen LogP contribution in [0.5, 0.6) is 11.6 Å². The van der Waals surface area contributed by atoms with Gasteiger partial charge in [-0.05, 0) is 24.3 Å². The fourth-order valence-electron chi connectivity index (χ4n) is 2.08. The van der Waals surface area contributed by atoms with Crippen molar-refractivity contribution in [3.8, 4) is 11.6 Å². The van der Waals surface area contributed by atoms with Crippen LogP contribution in [0.2, 0.25) is 0 Å². The summed E-state index contributed by atoms with van der Waals surface area (Å²) in [6.45, 7) is 0.193. The third-order valence-corrected chi connectivity index (χ3v) is 3.78. The van der Waals surface area contributed by atoms with Crippen molar-refractivity contribution < 1.29 is 14.1 Å². The monoisotopic (exact) mass is 369 g/mol. The van der Waals surface area contributed by atoms with Gasteiger partial charge in [-0.3, -0.25) is 4.79 Å². The molecule has 0 saturated heterocycles. The number of halogens is 1. The minimum absolute atomic E-state index is 0.0162. The molecule has 0 N–H and O–H groups in total. The summed E-state index contributed by atoms with van der Waals surface area (Å²) >= 11 is 3.39. The highest BCUT2D eigenvalue weighted by Gasteiger charge is 2.18. The Kier molecular flexibility index (Phi) is 4.78. The first-order valence-electron chi connectivity index (χ1n) is 7.07. The lowest BCUT2D eigenvalue weighted by Gasteiger charge is -2.05. The van der Waals surface area contributed by atoms with E-state index in [1.807, 2.05) is 42.5 Å². The molecule has 0 aliphatic carbocycles. The van der Waals surface area contributed by atoms with Crippen LogP contribution in [0.1, 0.15) is 10.4 Å². The van der Waals surface area contributed by atoms with Crippen molar-refractivity contribution in [3.63, 3.8) is 0 Å². The average Bonchev–Trinajstić information content (AvgIpc) is 2.59. The lowest BCUT2D eigenvalue weighted by molar-refractivity contribution is -0.687. The molecular formula is C18H14BrN2O2+. The quantitative estimate of drug-likeness (QED) is 0.507. The summed E-state index contributed by atoms with van der Waals surface area (Å²) in [5, 5.41) is 0. The van der Waals surface area contributed by atoms with Gasteiger partial charge >= 0.3 is 5.88 Å². The van der Waals surface area contributed by atoms with E-state index < -0.39 is 0 Å². The first kappa shape index (κ1) is 15.4. The Labute approximate surface area is 142 Å². The van der Waals surface area contributed by atoms with Gasteiger partial charge < -0.3 is 4.74 Å². The number of nitrogens with zero attached hydrogens (tertiary/aromatic N) is 2. The van der Waals surface area contributed by atoms with Crippen LogP contribution in [-0.4, -0.2) is 10.8 Å². The van der Waals surface area contributed by atoms with Gasteiger partial charge in [-0.1, -0.05) is 46.3 Å². The molecule has 0 fully saturated rings. The molecule has 0 amide bonds. The van der Waals surface area contributed by atoms with Crippen LogP contribution in [0.15, 0.2) is 77.7 Å². The van der Waals surface area contributed by atoms with Gasteiger partial charge in [-0.15, -0.1) is 0 Å². The lowest BCUT2D eigenvalue weighted by atomic mass is 10.1. The summed E-state index contributed by atoms with van der Waals surface area (Å²) in [7, 11) is 0. The minimum Gasteiger partial charge on any atom is -0.404 e. The molecule has 23 heavy (non-hydrogen) atoms. The van der Waals surface area contributed by atoms with E-state index >= 15 is 0 Å². The van der Waals surface area contributed by atoms with E-state index in [2.05, 4.69) is 20.9 Å². The van der Waals surface area contributed by atoms with Crippen LogP contribution in [0.25, 0.3) is 0 Å². The first-order valence-corrected chi connectivity index (χ1v) is 7.87. The molecule has 2 aromatic carbocycles. The Morgan fingerprint density at radius 3 is 2.57 bits per heavy atom. The molecule has 4 nitrogen and oxygen atoms in total. The summed E-state index contributed by atoms with van der Waals surface area (Å²) in [5.41, 5.74) is 0.673. The van der Waals surface area contributed by atoms with E-state index in [0.29, 0.717) is 17.2 Å². The molecule has 3 rings (SSSR count). The van der Waals surface area contributed by atoms with Crippen LogP contribution in [0.4, 0.5) is 0 Å². The number of rotatable bonds is 5. The molecule has 0 spiro atoms. The number of benzene rings is 2. The van der Waals surface area contributed by atoms with E-state index in [-0.39, 0.29) is 12.3 Å². The standard InChI is InChI=1S/C18H14BrN2O2/c19-15-6-8-16(9-7-15)23-18-12-20-10-11-21(18)13-17(22)14-4-2-1-3-5-14/h1-12H,13H2/q+1. The summed E-state index contributed by atoms with van der Waals surface area (Å²) in [6, 6.07) is 16.7. The molecule has 0 radical (unpaired) electrons. The number of hydrogen-bond donors (Lipinski definition) is 0. The van der Waals surface area contributed by atoms with E-state index in [4.69, 9.17) is 4.74 Å². The fraction of sp³-hybridized carbons (Fsp3) is 0.0556. The molecule has 1 aromatic heterocycles. The van der Waals surface area contributed by atoms with Crippen LogP contribution < -0.4 is 9.30 Å².